The first-order valence-electron chi connectivity index (χ1n) is 6.82. The van der Waals surface area contributed by atoms with Crippen LogP contribution in [0.15, 0.2) is 33.7 Å². The summed E-state index contributed by atoms with van der Waals surface area (Å²) in [5.41, 5.74) is 1.58. The van der Waals surface area contributed by atoms with Crippen molar-refractivity contribution in [1.29, 1.82) is 0 Å². The Morgan fingerprint density at radius 1 is 1.45 bits per heavy atom. The van der Waals surface area contributed by atoms with E-state index in [0.717, 1.165) is 11.3 Å². The maximum Gasteiger partial charge on any atom is 0.270 e. The van der Waals surface area contributed by atoms with Crippen LogP contribution >= 0.6 is 11.5 Å². The van der Waals surface area contributed by atoms with Gasteiger partial charge in [-0.05, 0) is 49.1 Å². The van der Waals surface area contributed by atoms with Gasteiger partial charge in [-0.15, -0.1) is 0 Å². The molecule has 3 rings (SSSR count). The summed E-state index contributed by atoms with van der Waals surface area (Å²) in [4.78, 5) is 29.4. The average Bonchev–Trinajstić information content (AvgIpc) is 3.05. The molecule has 0 atom stereocenters. The van der Waals surface area contributed by atoms with Crippen LogP contribution in [0.25, 0.3) is 10.2 Å². The highest BCUT2D eigenvalue weighted by atomic mass is 32.1. The van der Waals surface area contributed by atoms with E-state index in [4.69, 9.17) is 4.42 Å². The molecule has 1 N–H and O–H groups in total. The first-order valence-corrected chi connectivity index (χ1v) is 7.59. The zero-order chi connectivity index (χ0) is 15.7. The number of amides is 1. The average molecular weight is 317 g/mol. The molecule has 0 saturated heterocycles. The summed E-state index contributed by atoms with van der Waals surface area (Å²) in [7, 11) is 0. The van der Waals surface area contributed by atoms with Crippen molar-refractivity contribution in [2.45, 2.75) is 26.9 Å². The van der Waals surface area contributed by atoms with Crippen LogP contribution in [0.1, 0.15) is 17.0 Å². The fourth-order valence-electron chi connectivity index (χ4n) is 2.29. The van der Waals surface area contributed by atoms with Crippen molar-refractivity contribution in [1.82, 2.24) is 14.3 Å². The Labute approximate surface area is 130 Å². The first kappa shape index (κ1) is 14.5. The van der Waals surface area contributed by atoms with Crippen molar-refractivity contribution in [2.24, 2.45) is 0 Å². The summed E-state index contributed by atoms with van der Waals surface area (Å²) >= 11 is 1.21. The zero-order valence-electron chi connectivity index (χ0n) is 12.3. The number of aromatic nitrogens is 2. The van der Waals surface area contributed by atoms with E-state index in [1.807, 2.05) is 19.9 Å². The number of pyridine rings is 1. The van der Waals surface area contributed by atoms with Crippen LogP contribution in [0, 0.1) is 13.8 Å². The molecule has 0 aromatic carbocycles. The van der Waals surface area contributed by atoms with Gasteiger partial charge in [0.05, 0.1) is 18.2 Å². The molecule has 6 nitrogen and oxygen atoms in total. The van der Waals surface area contributed by atoms with Crippen LogP contribution in [0.2, 0.25) is 0 Å². The number of nitrogens with one attached hydrogen (secondary N) is 1. The molecule has 114 valence electrons. The second kappa shape index (κ2) is 5.76. The normalized spacial score (nSPS) is 11.0. The van der Waals surface area contributed by atoms with Crippen molar-refractivity contribution in [3.05, 3.63) is 51.8 Å². The van der Waals surface area contributed by atoms with Crippen molar-refractivity contribution in [2.75, 3.05) is 0 Å². The summed E-state index contributed by atoms with van der Waals surface area (Å²) in [5, 5.41) is 3.32. The summed E-state index contributed by atoms with van der Waals surface area (Å²) in [6.07, 6.45) is 1.55. The minimum Gasteiger partial charge on any atom is -0.467 e. The monoisotopic (exact) mass is 317 g/mol. The molecule has 0 unspecified atom stereocenters. The molecule has 0 spiro atoms. The van der Waals surface area contributed by atoms with Crippen LogP contribution in [0.5, 0.6) is 0 Å². The quantitative estimate of drug-likeness (QED) is 0.798. The highest BCUT2D eigenvalue weighted by molar-refractivity contribution is 7.13. The fourth-order valence-corrected chi connectivity index (χ4v) is 3.38. The van der Waals surface area contributed by atoms with E-state index in [2.05, 4.69) is 10.3 Å². The van der Waals surface area contributed by atoms with Crippen molar-refractivity contribution < 1.29 is 9.21 Å². The van der Waals surface area contributed by atoms with Crippen LogP contribution in [-0.2, 0) is 17.9 Å². The predicted octanol–water partition coefficient (Wildman–Crippen LogP) is 1.98. The van der Waals surface area contributed by atoms with Gasteiger partial charge in [0.25, 0.3) is 5.56 Å². The number of nitrogens with zero attached hydrogens (tertiary/aromatic N) is 2. The number of hydrogen-bond donors (Lipinski definition) is 1. The van der Waals surface area contributed by atoms with Crippen molar-refractivity contribution in [3.8, 4) is 0 Å². The lowest BCUT2D eigenvalue weighted by molar-refractivity contribution is -0.121. The Morgan fingerprint density at radius 3 is 3.00 bits per heavy atom. The molecule has 0 bridgehead atoms. The molecular formula is C15H15N3O3S. The topological polar surface area (TPSA) is 77.1 Å². The number of rotatable bonds is 4. The SMILES string of the molecule is Cc1cc(C)c2c(=O)n(CC(=O)NCc3ccco3)sc2n1. The largest absolute Gasteiger partial charge is 0.467 e. The van der Waals surface area contributed by atoms with Gasteiger partial charge in [-0.25, -0.2) is 4.98 Å². The van der Waals surface area contributed by atoms with Gasteiger partial charge in [0.15, 0.2) is 0 Å². The van der Waals surface area contributed by atoms with E-state index < -0.39 is 0 Å². The molecule has 3 aromatic rings. The summed E-state index contributed by atoms with van der Waals surface area (Å²) in [6.45, 7) is 4.06. The Balaban J connectivity index is 1.79. The van der Waals surface area contributed by atoms with Crippen LogP contribution in [0.3, 0.4) is 0 Å². The minimum absolute atomic E-state index is 0.0148. The third-order valence-corrected chi connectivity index (χ3v) is 4.26. The number of fused-ring (bicyclic) bond motifs is 1. The van der Waals surface area contributed by atoms with E-state index >= 15 is 0 Å². The molecule has 1 amide bonds. The Kier molecular flexibility index (Phi) is 3.81. The minimum atomic E-state index is -0.237. The molecular weight excluding hydrogens is 302 g/mol. The van der Waals surface area contributed by atoms with Gasteiger partial charge in [-0.3, -0.25) is 13.5 Å². The van der Waals surface area contributed by atoms with Crippen molar-refractivity contribution in [3.63, 3.8) is 0 Å². The lowest BCUT2D eigenvalue weighted by Crippen LogP contribution is -2.29. The molecule has 0 aliphatic heterocycles. The summed E-state index contributed by atoms with van der Waals surface area (Å²) in [6, 6.07) is 5.41. The van der Waals surface area contributed by atoms with Gasteiger partial charge in [0.1, 0.15) is 17.1 Å². The van der Waals surface area contributed by atoms with E-state index in [-0.39, 0.29) is 18.0 Å². The first-order chi connectivity index (χ1) is 10.5. The van der Waals surface area contributed by atoms with Gasteiger partial charge in [-0.2, -0.15) is 0 Å². The Hall–Kier alpha value is -2.41. The molecule has 0 saturated carbocycles. The van der Waals surface area contributed by atoms with Crippen molar-refractivity contribution >= 4 is 27.7 Å². The highest BCUT2D eigenvalue weighted by Crippen LogP contribution is 2.18. The number of carbonyl (C=O) groups excluding carboxylic acids is 1. The number of furan rings is 1. The van der Waals surface area contributed by atoms with Gasteiger partial charge < -0.3 is 9.73 Å². The Bertz CT molecular complexity index is 877. The van der Waals surface area contributed by atoms with Gasteiger partial charge in [0, 0.05) is 5.69 Å². The van der Waals surface area contributed by atoms with Gasteiger partial charge in [-0.1, -0.05) is 0 Å². The molecule has 0 aliphatic rings. The number of hydrogen-bond acceptors (Lipinski definition) is 5. The lowest BCUT2D eigenvalue weighted by Gasteiger charge is -2.02. The highest BCUT2D eigenvalue weighted by Gasteiger charge is 2.14. The number of carbonyl (C=O) groups is 1. The molecule has 22 heavy (non-hydrogen) atoms. The standard InChI is InChI=1S/C15H15N3O3S/c1-9-6-10(2)17-14-13(9)15(20)18(22-14)8-12(19)16-7-11-4-3-5-21-11/h3-6H,7-8H2,1-2H3,(H,16,19). The maximum atomic E-state index is 12.4. The van der Waals surface area contributed by atoms with E-state index in [1.165, 1.54) is 15.5 Å². The zero-order valence-corrected chi connectivity index (χ0v) is 13.1. The Morgan fingerprint density at radius 2 is 2.27 bits per heavy atom. The molecule has 0 aliphatic carbocycles. The van der Waals surface area contributed by atoms with Gasteiger partial charge >= 0.3 is 0 Å². The van der Waals surface area contributed by atoms with Crippen LogP contribution < -0.4 is 10.9 Å². The number of aryl methyl sites for hydroxylation is 2. The second-order valence-electron chi connectivity index (χ2n) is 5.05. The molecule has 3 aromatic heterocycles. The predicted molar refractivity (Wildman–Crippen MR) is 83.9 cm³/mol. The molecule has 7 heteroatoms. The maximum absolute atomic E-state index is 12.4. The smallest absolute Gasteiger partial charge is 0.270 e. The second-order valence-corrected chi connectivity index (χ2v) is 6.06. The summed E-state index contributed by atoms with van der Waals surface area (Å²) < 4.78 is 6.58. The lowest BCUT2D eigenvalue weighted by atomic mass is 10.2. The third kappa shape index (κ3) is 2.80. The van der Waals surface area contributed by atoms with Crippen LogP contribution in [-0.4, -0.2) is 14.8 Å². The molecule has 0 radical (unpaired) electrons. The van der Waals surface area contributed by atoms with E-state index in [0.29, 0.717) is 22.5 Å². The summed E-state index contributed by atoms with van der Waals surface area (Å²) in [5.74, 6) is 0.435. The fraction of sp³-hybridized carbons (Fsp3) is 0.267. The molecule has 0 fully saturated rings. The third-order valence-electron chi connectivity index (χ3n) is 3.28. The van der Waals surface area contributed by atoms with E-state index in [1.54, 1.807) is 18.4 Å². The molecule has 3 heterocycles. The van der Waals surface area contributed by atoms with E-state index in [9.17, 15) is 9.59 Å². The van der Waals surface area contributed by atoms with Gasteiger partial charge in [0.2, 0.25) is 5.91 Å². The van der Waals surface area contributed by atoms with Crippen LogP contribution in [0.4, 0.5) is 0 Å².